The fourth-order valence-corrected chi connectivity index (χ4v) is 7.75. The number of rotatable bonds is 12. The van der Waals surface area contributed by atoms with Gasteiger partial charge in [0.1, 0.15) is 12.2 Å². The molecule has 0 aromatic carbocycles. The van der Waals surface area contributed by atoms with E-state index in [9.17, 15) is 0 Å². The largest absolute Gasteiger partial charge is 0.467 e. The van der Waals surface area contributed by atoms with Crippen LogP contribution in [0, 0.1) is 0 Å². The van der Waals surface area contributed by atoms with Gasteiger partial charge in [0.15, 0.2) is 0 Å². The van der Waals surface area contributed by atoms with Crippen molar-refractivity contribution in [2.75, 3.05) is 26.4 Å². The van der Waals surface area contributed by atoms with Gasteiger partial charge < -0.3 is 27.8 Å². The van der Waals surface area contributed by atoms with Crippen LogP contribution in [0.5, 0.6) is 0 Å². The van der Waals surface area contributed by atoms with Crippen LogP contribution in [0.3, 0.4) is 0 Å². The molecule has 0 spiro atoms. The van der Waals surface area contributed by atoms with Gasteiger partial charge in [-0.3, -0.25) is 0 Å². The molecule has 0 aliphatic carbocycles. The predicted octanol–water partition coefficient (Wildman–Crippen LogP) is 2.66. The third-order valence-electron chi connectivity index (χ3n) is 4.31. The highest BCUT2D eigenvalue weighted by Crippen LogP contribution is 2.58. The van der Waals surface area contributed by atoms with Gasteiger partial charge in [0.2, 0.25) is 10.8 Å². The number of ether oxygens (including phenoxy) is 4. The lowest BCUT2D eigenvalue weighted by Crippen LogP contribution is -2.70. The molecule has 0 aromatic heterocycles. The average Bonchev–Trinajstić information content (AvgIpc) is 3.39. The van der Waals surface area contributed by atoms with Crippen LogP contribution >= 0.6 is 0 Å². The van der Waals surface area contributed by atoms with Gasteiger partial charge in [-0.25, -0.2) is 0 Å². The highest BCUT2D eigenvalue weighted by atomic mass is 28.4. The molecular formula is C16H32O6Si. The minimum atomic E-state index is -3.12. The van der Waals surface area contributed by atoms with Crippen LogP contribution in [0.1, 0.15) is 54.4 Å². The maximum atomic E-state index is 6.28. The van der Waals surface area contributed by atoms with Crippen molar-refractivity contribution in [2.45, 2.75) is 77.4 Å². The lowest BCUT2D eigenvalue weighted by molar-refractivity contribution is -0.0854. The first-order chi connectivity index (χ1) is 11.0. The van der Waals surface area contributed by atoms with Crippen molar-refractivity contribution >= 4 is 8.56 Å². The van der Waals surface area contributed by atoms with Crippen molar-refractivity contribution in [2.24, 2.45) is 0 Å². The van der Waals surface area contributed by atoms with E-state index in [1.807, 2.05) is 27.7 Å². The molecule has 2 fully saturated rings. The van der Waals surface area contributed by atoms with Crippen LogP contribution in [-0.2, 0) is 27.8 Å². The van der Waals surface area contributed by atoms with E-state index in [0.717, 1.165) is 12.8 Å². The molecule has 7 heteroatoms. The van der Waals surface area contributed by atoms with E-state index in [0.29, 0.717) is 26.4 Å². The summed E-state index contributed by atoms with van der Waals surface area (Å²) in [6.07, 6.45) is 1.63. The molecule has 2 heterocycles. The maximum Gasteiger partial charge on any atom is 0.467 e. The number of hydrogen-bond acceptors (Lipinski definition) is 6. The molecule has 136 valence electrons. The molecule has 0 bridgehead atoms. The molecule has 0 radical (unpaired) electrons. The van der Waals surface area contributed by atoms with Crippen LogP contribution in [0.25, 0.3) is 0 Å². The molecule has 0 saturated carbocycles. The molecular weight excluding hydrogens is 316 g/mol. The van der Waals surface area contributed by atoms with Crippen LogP contribution in [0.4, 0.5) is 0 Å². The fraction of sp³-hybridized carbons (Fsp3) is 1.00. The van der Waals surface area contributed by atoms with E-state index in [4.69, 9.17) is 27.8 Å². The molecule has 4 atom stereocenters. The predicted molar refractivity (Wildman–Crippen MR) is 88.0 cm³/mol. The van der Waals surface area contributed by atoms with Gasteiger partial charge in [0.05, 0.1) is 0 Å². The zero-order chi connectivity index (χ0) is 17.1. The lowest BCUT2D eigenvalue weighted by Gasteiger charge is -2.39. The maximum absolute atomic E-state index is 6.28. The van der Waals surface area contributed by atoms with Crippen LogP contribution < -0.4 is 0 Å². The van der Waals surface area contributed by atoms with Gasteiger partial charge >= 0.3 is 8.56 Å². The van der Waals surface area contributed by atoms with E-state index in [-0.39, 0.29) is 12.2 Å². The van der Waals surface area contributed by atoms with E-state index in [1.165, 1.54) is 0 Å². The number of hydrogen-bond donors (Lipinski definition) is 0. The van der Waals surface area contributed by atoms with E-state index in [1.54, 1.807) is 0 Å². The molecule has 0 aromatic rings. The molecule has 2 aliphatic heterocycles. The Labute approximate surface area is 141 Å². The summed E-state index contributed by atoms with van der Waals surface area (Å²) < 4.78 is 36.8. The topological polar surface area (TPSA) is 62.0 Å². The van der Waals surface area contributed by atoms with Crippen LogP contribution in [-0.4, -0.2) is 58.0 Å². The van der Waals surface area contributed by atoms with Crippen molar-refractivity contribution in [1.82, 2.24) is 0 Å². The normalized spacial score (nSPS) is 36.3. The van der Waals surface area contributed by atoms with Crippen molar-refractivity contribution in [3.63, 3.8) is 0 Å². The summed E-state index contributed by atoms with van der Waals surface area (Å²) >= 11 is 0. The summed E-state index contributed by atoms with van der Waals surface area (Å²) in [5.74, 6) is 0. The second-order valence-electron chi connectivity index (χ2n) is 6.03. The Morgan fingerprint density at radius 1 is 0.783 bits per heavy atom. The third-order valence-corrected chi connectivity index (χ3v) is 8.88. The first-order valence-corrected chi connectivity index (χ1v) is 10.7. The van der Waals surface area contributed by atoms with E-state index >= 15 is 0 Å². The Balaban J connectivity index is 2.39. The molecule has 6 nitrogen and oxygen atoms in total. The minimum Gasteiger partial charge on any atom is -0.388 e. The number of epoxide rings is 2. The molecule has 2 aliphatic rings. The smallest absolute Gasteiger partial charge is 0.388 e. The van der Waals surface area contributed by atoms with Crippen molar-refractivity contribution < 1.29 is 27.8 Å². The highest BCUT2D eigenvalue weighted by molar-refractivity contribution is 6.74. The van der Waals surface area contributed by atoms with E-state index in [2.05, 4.69) is 13.8 Å². The van der Waals surface area contributed by atoms with Crippen LogP contribution in [0.15, 0.2) is 0 Å². The summed E-state index contributed by atoms with van der Waals surface area (Å²) in [4.78, 5) is 0. The van der Waals surface area contributed by atoms with E-state index < -0.39 is 19.4 Å². The zero-order valence-electron chi connectivity index (χ0n) is 15.3. The molecule has 4 unspecified atom stereocenters. The first kappa shape index (κ1) is 19.3. The first-order valence-electron chi connectivity index (χ1n) is 8.91. The van der Waals surface area contributed by atoms with Crippen molar-refractivity contribution in [1.29, 1.82) is 0 Å². The minimum absolute atomic E-state index is 0.0858. The van der Waals surface area contributed by atoms with Crippen molar-refractivity contribution in [3.8, 4) is 0 Å². The molecule has 2 rings (SSSR count). The Kier molecular flexibility index (Phi) is 6.27. The van der Waals surface area contributed by atoms with Gasteiger partial charge in [-0.2, -0.15) is 0 Å². The quantitative estimate of drug-likeness (QED) is 0.399. The molecule has 2 saturated heterocycles. The second-order valence-corrected chi connectivity index (χ2v) is 9.24. The van der Waals surface area contributed by atoms with Crippen LogP contribution in [0.2, 0.25) is 0 Å². The lowest BCUT2D eigenvalue weighted by atomic mass is 10.5. The Bertz CT molecular complexity index is 359. The monoisotopic (exact) mass is 348 g/mol. The molecule has 0 amide bonds. The highest BCUT2D eigenvalue weighted by Gasteiger charge is 2.89. The summed E-state index contributed by atoms with van der Waals surface area (Å²) in [7, 11) is -3.12. The second kappa shape index (κ2) is 7.47. The summed E-state index contributed by atoms with van der Waals surface area (Å²) in [6.45, 7) is 14.3. The van der Waals surface area contributed by atoms with Gasteiger partial charge in [0.25, 0.3) is 0 Å². The molecule has 23 heavy (non-hydrogen) atoms. The third kappa shape index (κ3) is 3.01. The van der Waals surface area contributed by atoms with Gasteiger partial charge in [0, 0.05) is 26.4 Å². The van der Waals surface area contributed by atoms with Gasteiger partial charge in [-0.05, 0) is 40.5 Å². The van der Waals surface area contributed by atoms with Crippen molar-refractivity contribution in [3.05, 3.63) is 0 Å². The Morgan fingerprint density at radius 3 is 1.35 bits per heavy atom. The zero-order valence-corrected chi connectivity index (χ0v) is 16.3. The SMILES string of the molecule is CCCOC1([Si](OCC)(OCC)C2(OCCC)OC2C)OC1C. The average molecular weight is 349 g/mol. The standard InChI is InChI=1S/C16H32O6Si/c1-7-11-17-15(13(5)21-15)23(19-9-3,20-10-4)16(14(6)22-16)18-12-8-2/h13-14H,7-12H2,1-6H3. The summed E-state index contributed by atoms with van der Waals surface area (Å²) in [5, 5.41) is 0. The van der Waals surface area contributed by atoms with Gasteiger partial charge in [-0.15, -0.1) is 0 Å². The Hall–Kier alpha value is -0.0231. The van der Waals surface area contributed by atoms with Gasteiger partial charge in [-0.1, -0.05) is 13.8 Å². The Morgan fingerprint density at radius 2 is 1.13 bits per heavy atom. The fourth-order valence-electron chi connectivity index (χ4n) is 3.24. The summed E-state index contributed by atoms with van der Waals surface area (Å²) in [5.41, 5.74) is -1.71. The molecule has 0 N–H and O–H groups in total. The summed E-state index contributed by atoms with van der Waals surface area (Å²) in [6, 6.07) is 0.